The molecule has 2 N–H and O–H groups in total. The molecule has 12 heteroatoms. The molecule has 174 valence electrons. The second-order valence-electron chi connectivity index (χ2n) is 7.45. The van der Waals surface area contributed by atoms with Gasteiger partial charge in [0.05, 0.1) is 23.4 Å². The fraction of sp³-hybridized carbons (Fsp3) is 0.450. The first-order valence-corrected chi connectivity index (χ1v) is 11.0. The zero-order chi connectivity index (χ0) is 23.5. The smallest absolute Gasteiger partial charge is 0.475 e. The minimum absolute atomic E-state index is 0.356. The predicted octanol–water partition coefficient (Wildman–Crippen LogP) is 4.67. The summed E-state index contributed by atoms with van der Waals surface area (Å²) in [5.74, 6) is -2.76. The third-order valence-electron chi connectivity index (χ3n) is 5.10. The summed E-state index contributed by atoms with van der Waals surface area (Å²) in [6.45, 7) is 4.64. The molecule has 1 unspecified atom stereocenters. The number of aliphatic hydroxyl groups is 1. The number of carbonyl (C=O) groups is 1. The molecule has 0 amide bonds. The quantitative estimate of drug-likeness (QED) is 0.552. The molecule has 1 fully saturated rings. The van der Waals surface area contributed by atoms with E-state index in [-0.39, 0.29) is 0 Å². The number of aliphatic carboxylic acids is 1. The summed E-state index contributed by atoms with van der Waals surface area (Å²) in [4.78, 5) is 12.6. The highest BCUT2D eigenvalue weighted by molar-refractivity contribution is 7.19. The molecule has 1 aromatic carbocycles. The monoisotopic (exact) mass is 490 g/mol. The van der Waals surface area contributed by atoms with Crippen LogP contribution in [0.15, 0.2) is 30.5 Å². The number of carboxylic acids is 1. The van der Waals surface area contributed by atoms with E-state index in [0.717, 1.165) is 42.9 Å². The van der Waals surface area contributed by atoms with E-state index >= 15 is 0 Å². The lowest BCUT2D eigenvalue weighted by atomic mass is 10.1. The lowest BCUT2D eigenvalue weighted by Crippen LogP contribution is -2.34. The van der Waals surface area contributed by atoms with Crippen molar-refractivity contribution in [1.29, 1.82) is 0 Å². The lowest BCUT2D eigenvalue weighted by molar-refractivity contribution is -0.192. The zero-order valence-corrected chi connectivity index (χ0v) is 18.7. The summed E-state index contributed by atoms with van der Waals surface area (Å²) < 4.78 is 34.9. The van der Waals surface area contributed by atoms with Crippen LogP contribution < -0.4 is 0 Å². The van der Waals surface area contributed by atoms with Crippen molar-refractivity contribution in [3.8, 4) is 0 Å². The van der Waals surface area contributed by atoms with Crippen molar-refractivity contribution in [3.63, 3.8) is 0 Å². The average molecular weight is 491 g/mol. The number of alkyl halides is 3. The number of benzene rings is 1. The summed E-state index contributed by atoms with van der Waals surface area (Å²) in [5, 5.41) is 27.0. The molecule has 7 nitrogen and oxygen atoms in total. The van der Waals surface area contributed by atoms with Gasteiger partial charge in [0.25, 0.3) is 0 Å². The third kappa shape index (κ3) is 5.97. The van der Waals surface area contributed by atoms with Crippen molar-refractivity contribution in [2.45, 2.75) is 44.6 Å². The molecule has 3 aromatic rings. The first-order chi connectivity index (χ1) is 15.1. The molecule has 0 aliphatic carbocycles. The number of hydrogen-bond donors (Lipinski definition) is 2. The maximum absolute atomic E-state index is 10.6. The van der Waals surface area contributed by atoms with Gasteiger partial charge >= 0.3 is 12.1 Å². The van der Waals surface area contributed by atoms with E-state index in [1.54, 1.807) is 18.3 Å². The summed E-state index contributed by atoms with van der Waals surface area (Å²) in [6.07, 6.45) is -1.71. The summed E-state index contributed by atoms with van der Waals surface area (Å²) in [6, 6.07) is 8.68. The molecule has 1 aliphatic heterocycles. The highest BCUT2D eigenvalue weighted by Gasteiger charge is 2.38. The van der Waals surface area contributed by atoms with Gasteiger partial charge in [-0.1, -0.05) is 35.0 Å². The standard InChI is InChI=1S/C18H21ClN4OS.C2HF3O2/c1-12(24)15-10-23(21-20-15)13-6-8-22(9-7-13)11-17-18(19)14-4-2-3-5-16(14)25-17;3-2(4,5)1(6)7/h2-5,10,12-13,24H,6-9,11H2,1H3;(H,6,7). The first-order valence-electron chi connectivity index (χ1n) is 9.84. The molecule has 0 spiro atoms. The minimum Gasteiger partial charge on any atom is -0.475 e. The molecule has 0 radical (unpaired) electrons. The second kappa shape index (κ2) is 10.2. The summed E-state index contributed by atoms with van der Waals surface area (Å²) in [7, 11) is 0. The van der Waals surface area contributed by atoms with Crippen molar-refractivity contribution >= 4 is 39.0 Å². The van der Waals surface area contributed by atoms with Gasteiger partial charge in [0.2, 0.25) is 0 Å². The maximum Gasteiger partial charge on any atom is 0.490 e. The van der Waals surface area contributed by atoms with E-state index in [2.05, 4.69) is 33.4 Å². The minimum atomic E-state index is -5.08. The molecule has 32 heavy (non-hydrogen) atoms. The molecular weight excluding hydrogens is 469 g/mol. The fourth-order valence-corrected chi connectivity index (χ4v) is 4.91. The fourth-order valence-electron chi connectivity index (χ4n) is 3.37. The number of aromatic nitrogens is 3. The zero-order valence-electron chi connectivity index (χ0n) is 17.1. The Morgan fingerprint density at radius 3 is 2.47 bits per heavy atom. The molecular formula is C20H22ClF3N4O3S. The Labute approximate surface area is 191 Å². The van der Waals surface area contributed by atoms with Crippen LogP contribution in [0.25, 0.3) is 10.1 Å². The van der Waals surface area contributed by atoms with Crippen LogP contribution in [0.3, 0.4) is 0 Å². The normalized spacial score (nSPS) is 16.6. The van der Waals surface area contributed by atoms with Crippen molar-refractivity contribution in [2.24, 2.45) is 0 Å². The van der Waals surface area contributed by atoms with Gasteiger partial charge in [0.15, 0.2) is 0 Å². The van der Waals surface area contributed by atoms with E-state index in [4.69, 9.17) is 21.5 Å². The molecule has 2 aromatic heterocycles. The number of hydrogen-bond acceptors (Lipinski definition) is 6. The van der Waals surface area contributed by atoms with E-state index in [1.165, 1.54) is 9.58 Å². The van der Waals surface area contributed by atoms with Crippen LogP contribution in [0.1, 0.15) is 42.5 Å². The van der Waals surface area contributed by atoms with Crippen LogP contribution in [0.5, 0.6) is 0 Å². The molecule has 1 saturated heterocycles. The Balaban J connectivity index is 0.000000360. The Kier molecular flexibility index (Phi) is 7.75. The number of likely N-dealkylation sites (tertiary alicyclic amines) is 1. The van der Waals surface area contributed by atoms with Crippen LogP contribution in [-0.2, 0) is 11.3 Å². The van der Waals surface area contributed by atoms with E-state index in [1.807, 2.05) is 16.9 Å². The number of nitrogens with zero attached hydrogens (tertiary/aromatic N) is 4. The molecule has 1 atom stereocenters. The highest BCUT2D eigenvalue weighted by atomic mass is 35.5. The van der Waals surface area contributed by atoms with Crippen LogP contribution in [0, 0.1) is 0 Å². The number of carboxylic acid groups (broad SMARTS) is 1. The van der Waals surface area contributed by atoms with Crippen LogP contribution in [0.2, 0.25) is 5.02 Å². The van der Waals surface area contributed by atoms with E-state index < -0.39 is 18.2 Å². The first kappa shape index (κ1) is 24.4. The Hall–Kier alpha value is -2.21. The van der Waals surface area contributed by atoms with Crippen molar-refractivity contribution in [1.82, 2.24) is 19.9 Å². The molecule has 4 rings (SSSR count). The summed E-state index contributed by atoms with van der Waals surface area (Å²) in [5.41, 5.74) is 0.638. The van der Waals surface area contributed by atoms with E-state index in [0.29, 0.717) is 11.7 Å². The topological polar surface area (TPSA) is 91.5 Å². The number of fused-ring (bicyclic) bond motifs is 1. The predicted molar refractivity (Wildman–Crippen MR) is 115 cm³/mol. The van der Waals surface area contributed by atoms with Crippen LogP contribution in [0.4, 0.5) is 13.2 Å². The Morgan fingerprint density at radius 1 is 1.31 bits per heavy atom. The summed E-state index contributed by atoms with van der Waals surface area (Å²) >= 11 is 8.36. The van der Waals surface area contributed by atoms with Crippen molar-refractivity contribution < 1.29 is 28.2 Å². The van der Waals surface area contributed by atoms with E-state index in [9.17, 15) is 18.3 Å². The lowest BCUT2D eigenvalue weighted by Gasteiger charge is -2.31. The Bertz CT molecular complexity index is 1060. The number of aliphatic hydroxyl groups excluding tert-OH is 1. The van der Waals surface area contributed by atoms with Crippen LogP contribution >= 0.6 is 22.9 Å². The van der Waals surface area contributed by atoms with Gasteiger partial charge < -0.3 is 10.2 Å². The molecule has 0 saturated carbocycles. The Morgan fingerprint density at radius 2 is 1.94 bits per heavy atom. The maximum atomic E-state index is 10.6. The van der Waals surface area contributed by atoms with Gasteiger partial charge in [0.1, 0.15) is 5.69 Å². The van der Waals surface area contributed by atoms with Gasteiger partial charge in [-0.15, -0.1) is 16.4 Å². The van der Waals surface area contributed by atoms with Gasteiger partial charge in [0, 0.05) is 34.6 Å². The van der Waals surface area contributed by atoms with Crippen molar-refractivity contribution in [2.75, 3.05) is 13.1 Å². The van der Waals surface area contributed by atoms with Crippen molar-refractivity contribution in [3.05, 3.63) is 46.1 Å². The molecule has 3 heterocycles. The van der Waals surface area contributed by atoms with Crippen LogP contribution in [-0.4, -0.2) is 55.3 Å². The number of rotatable bonds is 4. The molecule has 0 bridgehead atoms. The van der Waals surface area contributed by atoms with Gasteiger partial charge in [-0.25, -0.2) is 9.48 Å². The van der Waals surface area contributed by atoms with Gasteiger partial charge in [-0.2, -0.15) is 13.2 Å². The number of halogens is 4. The SMILES string of the molecule is CC(O)c1cn(C2CCN(Cc3sc4ccccc4c3Cl)CC2)nn1.O=C(O)C(F)(F)F. The second-order valence-corrected chi connectivity index (χ2v) is 8.96. The molecule has 1 aliphatic rings. The third-order valence-corrected chi connectivity index (χ3v) is 6.80. The number of thiophene rings is 1. The van der Waals surface area contributed by atoms with Gasteiger partial charge in [-0.3, -0.25) is 4.90 Å². The highest BCUT2D eigenvalue weighted by Crippen LogP contribution is 2.36. The van der Waals surface area contributed by atoms with Gasteiger partial charge in [-0.05, 0) is 25.8 Å². The average Bonchev–Trinajstić information content (AvgIpc) is 3.35. The largest absolute Gasteiger partial charge is 0.490 e. The number of piperidine rings is 1.